The van der Waals surface area contributed by atoms with Crippen LogP contribution in [0.3, 0.4) is 0 Å². The lowest BCUT2D eigenvalue weighted by Gasteiger charge is -2.35. The maximum atomic E-state index is 11.8. The van der Waals surface area contributed by atoms with Crippen molar-refractivity contribution >= 4 is 7.60 Å². The highest BCUT2D eigenvalue weighted by Crippen LogP contribution is 2.52. The molecule has 190 valence electrons. The zero-order valence-electron chi connectivity index (χ0n) is 21.5. The van der Waals surface area contributed by atoms with E-state index >= 15 is 0 Å². The number of unbranched alkanes of at least 4 members (excludes halogenated alkanes) is 12. The number of nitrogens with zero attached hydrogens (tertiary/aromatic N) is 1. The quantitative estimate of drug-likeness (QED) is 0.0729. The summed E-state index contributed by atoms with van der Waals surface area (Å²) in [7, 11) is 0.963. The van der Waals surface area contributed by atoms with Crippen LogP contribution in [-0.4, -0.2) is 52.4 Å². The van der Waals surface area contributed by atoms with E-state index in [2.05, 4.69) is 31.2 Å². The Balaban J connectivity index is 3.64. The molecule has 0 aromatic rings. The second-order valence-electron chi connectivity index (χ2n) is 10.3. The van der Waals surface area contributed by atoms with Crippen LogP contribution in [0.1, 0.15) is 110 Å². The summed E-state index contributed by atoms with van der Waals surface area (Å²) in [5.41, 5.74) is 0. The van der Waals surface area contributed by atoms with E-state index in [1.54, 1.807) is 0 Å². The molecule has 0 saturated heterocycles. The van der Waals surface area contributed by atoms with Crippen molar-refractivity contribution in [3.63, 3.8) is 0 Å². The number of hydrogen-bond donors (Lipinski definition) is 3. The second kappa shape index (κ2) is 18.0. The third kappa shape index (κ3) is 18.0. The van der Waals surface area contributed by atoms with Crippen molar-refractivity contribution < 1.29 is 23.9 Å². The van der Waals surface area contributed by atoms with Crippen molar-refractivity contribution in [2.45, 2.75) is 115 Å². The summed E-state index contributed by atoms with van der Waals surface area (Å²) in [5.74, 6) is 0. The van der Waals surface area contributed by atoms with Crippen LogP contribution in [0.15, 0.2) is 24.3 Å². The molecule has 0 amide bonds. The molecule has 0 aromatic carbocycles. The van der Waals surface area contributed by atoms with Crippen LogP contribution >= 0.6 is 7.60 Å². The minimum absolute atomic E-state index is 0.0558. The fraction of sp³-hybridized carbons (Fsp3) is 0.846. The molecule has 6 heteroatoms. The van der Waals surface area contributed by atoms with E-state index < -0.39 is 12.9 Å². The molecular formula is C26H53NO4P+. The zero-order chi connectivity index (χ0) is 24.3. The van der Waals surface area contributed by atoms with Gasteiger partial charge in [0.25, 0.3) is 0 Å². The third-order valence-corrected chi connectivity index (χ3v) is 7.23. The van der Waals surface area contributed by atoms with Gasteiger partial charge < -0.3 is 19.4 Å². The molecule has 0 radical (unpaired) electrons. The maximum absolute atomic E-state index is 11.8. The predicted octanol–water partition coefficient (Wildman–Crippen LogP) is 6.93. The molecule has 0 aliphatic heterocycles. The minimum Gasteiger partial charge on any atom is -0.373 e. The van der Waals surface area contributed by atoms with Crippen LogP contribution in [0.25, 0.3) is 0 Å². The Morgan fingerprint density at radius 3 is 1.44 bits per heavy atom. The molecule has 1 atom stereocenters. The van der Waals surface area contributed by atoms with Gasteiger partial charge in [0, 0.05) is 0 Å². The van der Waals surface area contributed by atoms with Crippen molar-refractivity contribution in [3.05, 3.63) is 24.3 Å². The Morgan fingerprint density at radius 2 is 1.06 bits per heavy atom. The van der Waals surface area contributed by atoms with Gasteiger partial charge in [-0.3, -0.25) is 4.57 Å². The van der Waals surface area contributed by atoms with Crippen LogP contribution in [0, 0.1) is 0 Å². The first-order chi connectivity index (χ1) is 15.0. The van der Waals surface area contributed by atoms with Crippen LogP contribution in [0.4, 0.5) is 0 Å². The van der Waals surface area contributed by atoms with Crippen molar-refractivity contribution in [1.29, 1.82) is 0 Å². The van der Waals surface area contributed by atoms with E-state index in [0.29, 0.717) is 10.9 Å². The van der Waals surface area contributed by atoms with E-state index in [-0.39, 0.29) is 13.0 Å². The lowest BCUT2D eigenvalue weighted by atomic mass is 10.0. The fourth-order valence-electron chi connectivity index (χ4n) is 4.03. The van der Waals surface area contributed by atoms with Crippen LogP contribution < -0.4 is 0 Å². The Morgan fingerprint density at radius 1 is 0.688 bits per heavy atom. The van der Waals surface area contributed by atoms with Gasteiger partial charge in [-0.2, -0.15) is 0 Å². The van der Waals surface area contributed by atoms with E-state index in [9.17, 15) is 19.5 Å². The summed E-state index contributed by atoms with van der Waals surface area (Å²) in [5, 5.41) is 8.62. The number of aliphatic hydroxyl groups is 1. The first-order valence-electron chi connectivity index (χ1n) is 12.9. The fourth-order valence-corrected chi connectivity index (χ4v) is 5.09. The van der Waals surface area contributed by atoms with Crippen LogP contribution in [0.2, 0.25) is 0 Å². The van der Waals surface area contributed by atoms with Gasteiger partial charge >= 0.3 is 7.60 Å². The van der Waals surface area contributed by atoms with E-state index in [1.807, 2.05) is 21.1 Å². The Labute approximate surface area is 198 Å². The second-order valence-corrected chi connectivity index (χ2v) is 12.3. The highest BCUT2D eigenvalue weighted by Gasteiger charge is 2.48. The number of hydrogen-bond acceptors (Lipinski definition) is 2. The van der Waals surface area contributed by atoms with Gasteiger partial charge in [0.2, 0.25) is 5.34 Å². The predicted molar refractivity (Wildman–Crippen MR) is 138 cm³/mol. The van der Waals surface area contributed by atoms with Gasteiger partial charge in [-0.05, 0) is 57.8 Å². The molecule has 1 unspecified atom stereocenters. The van der Waals surface area contributed by atoms with Crippen molar-refractivity contribution in [2.75, 3.05) is 27.7 Å². The normalized spacial score (nSPS) is 15.1. The summed E-state index contributed by atoms with van der Waals surface area (Å²) in [6, 6.07) is 0. The number of quaternary nitrogens is 1. The molecule has 0 heterocycles. The smallest absolute Gasteiger partial charge is 0.362 e. The van der Waals surface area contributed by atoms with Gasteiger partial charge in [0.1, 0.15) is 6.54 Å². The molecule has 0 spiro atoms. The average Bonchev–Trinajstić information content (AvgIpc) is 2.67. The standard InChI is InChI=1S/C26H52NO4P/c1-5-6-7-8-9-10-11-12-13-14-15-16-17-18-19-20-21-22-23-24-26(28,32(29,30)31)25-27(2,3)4/h6-7,15-16,28H,5,8-14,17-25H2,1-4H3,(H-,29,30,31)/p+1/b7-6-,16-15-. The van der Waals surface area contributed by atoms with Gasteiger partial charge in [-0.1, -0.05) is 76.2 Å². The van der Waals surface area contributed by atoms with Gasteiger partial charge in [0.15, 0.2) is 0 Å². The molecular weight excluding hydrogens is 421 g/mol. The lowest BCUT2D eigenvalue weighted by Crippen LogP contribution is -2.49. The van der Waals surface area contributed by atoms with Crippen molar-refractivity contribution in [2.24, 2.45) is 0 Å². The topological polar surface area (TPSA) is 77.8 Å². The lowest BCUT2D eigenvalue weighted by molar-refractivity contribution is -0.875. The monoisotopic (exact) mass is 474 g/mol. The first kappa shape index (κ1) is 31.6. The Hall–Kier alpha value is -0.450. The summed E-state index contributed by atoms with van der Waals surface area (Å²) in [4.78, 5) is 19.2. The number of rotatable bonds is 21. The Kier molecular flexibility index (Phi) is 17.7. The SMILES string of the molecule is CC/C=C\CCCCCCC/C=C\CCCCCCCCC(O)(C[N+](C)(C)C)P(=O)(O)O. The largest absolute Gasteiger partial charge is 0.373 e. The van der Waals surface area contributed by atoms with Crippen LogP contribution in [0.5, 0.6) is 0 Å². The molecule has 0 bridgehead atoms. The number of allylic oxidation sites excluding steroid dienone is 4. The number of likely N-dealkylation sites (N-methyl/N-ethyl adjacent to an activating group) is 1. The first-order valence-corrected chi connectivity index (χ1v) is 14.5. The summed E-state index contributed by atoms with van der Waals surface area (Å²) in [6.45, 7) is 2.24. The molecule has 0 aromatic heterocycles. The van der Waals surface area contributed by atoms with Crippen molar-refractivity contribution in [1.82, 2.24) is 0 Å². The van der Waals surface area contributed by atoms with E-state index in [1.165, 1.54) is 57.8 Å². The highest BCUT2D eigenvalue weighted by molar-refractivity contribution is 7.53. The molecule has 0 saturated carbocycles. The molecule has 0 aliphatic carbocycles. The van der Waals surface area contributed by atoms with E-state index in [4.69, 9.17) is 0 Å². The molecule has 0 fully saturated rings. The summed E-state index contributed by atoms with van der Waals surface area (Å²) >= 11 is 0. The molecule has 0 rings (SSSR count). The van der Waals surface area contributed by atoms with Crippen LogP contribution in [-0.2, 0) is 4.57 Å². The average molecular weight is 475 g/mol. The third-order valence-electron chi connectivity index (χ3n) is 5.78. The molecule has 3 N–H and O–H groups in total. The summed E-state index contributed by atoms with van der Waals surface area (Å²) in [6.07, 6.45) is 26.9. The van der Waals surface area contributed by atoms with Gasteiger partial charge in [0.05, 0.1) is 21.1 Å². The Bertz CT molecular complexity index is 551. The van der Waals surface area contributed by atoms with Gasteiger partial charge in [-0.15, -0.1) is 0 Å². The van der Waals surface area contributed by atoms with E-state index in [0.717, 1.165) is 32.1 Å². The minimum atomic E-state index is -4.55. The summed E-state index contributed by atoms with van der Waals surface area (Å²) < 4.78 is 12.1. The maximum Gasteiger partial charge on any atom is 0.362 e. The molecule has 32 heavy (non-hydrogen) atoms. The molecule has 0 aliphatic rings. The van der Waals surface area contributed by atoms with Crippen molar-refractivity contribution in [3.8, 4) is 0 Å². The molecule has 5 nitrogen and oxygen atoms in total. The van der Waals surface area contributed by atoms with Gasteiger partial charge in [-0.25, -0.2) is 0 Å². The zero-order valence-corrected chi connectivity index (χ0v) is 22.4. The highest BCUT2D eigenvalue weighted by atomic mass is 31.2.